The first-order chi connectivity index (χ1) is 10.0. The van der Waals surface area contributed by atoms with E-state index in [1.54, 1.807) is 0 Å². The molecular weight excluding hydrogens is 377 g/mol. The van der Waals surface area contributed by atoms with Crippen LogP contribution in [0.3, 0.4) is 0 Å². The predicted octanol–water partition coefficient (Wildman–Crippen LogP) is 4.59. The maximum Gasteiger partial charge on any atom is 0.160 e. The molecule has 0 aliphatic heterocycles. The third-order valence-electron chi connectivity index (χ3n) is 3.17. The Morgan fingerprint density at radius 1 is 1.14 bits per heavy atom. The van der Waals surface area contributed by atoms with Gasteiger partial charge in [0.2, 0.25) is 0 Å². The Kier molecular flexibility index (Phi) is 8.48. The highest BCUT2D eigenvalue weighted by Gasteiger charge is 2.22. The SMILES string of the molecule is CCCNc1nc(C(OCC)C(C)C)nc(CCC)c1I. The van der Waals surface area contributed by atoms with Crippen LogP contribution in [0.5, 0.6) is 0 Å². The van der Waals surface area contributed by atoms with Crippen molar-refractivity contribution in [2.75, 3.05) is 18.5 Å². The molecule has 1 heterocycles. The van der Waals surface area contributed by atoms with E-state index < -0.39 is 0 Å². The average Bonchev–Trinajstić information content (AvgIpc) is 2.45. The normalized spacial score (nSPS) is 12.7. The lowest BCUT2D eigenvalue weighted by atomic mass is 10.1. The molecule has 1 unspecified atom stereocenters. The van der Waals surface area contributed by atoms with Gasteiger partial charge in [0.15, 0.2) is 5.82 Å². The molecule has 21 heavy (non-hydrogen) atoms. The highest BCUT2D eigenvalue weighted by atomic mass is 127. The first-order valence-electron chi connectivity index (χ1n) is 7.96. The van der Waals surface area contributed by atoms with Crippen molar-refractivity contribution in [1.29, 1.82) is 0 Å². The van der Waals surface area contributed by atoms with Crippen LogP contribution in [0.2, 0.25) is 0 Å². The molecule has 1 atom stereocenters. The molecule has 0 aliphatic rings. The first kappa shape index (κ1) is 18.6. The minimum Gasteiger partial charge on any atom is -0.370 e. The Bertz CT molecular complexity index is 438. The number of nitrogens with zero attached hydrogens (tertiary/aromatic N) is 2. The Hall–Kier alpha value is -0.430. The molecule has 5 heteroatoms. The summed E-state index contributed by atoms with van der Waals surface area (Å²) in [4.78, 5) is 9.53. The van der Waals surface area contributed by atoms with Crippen molar-refractivity contribution >= 4 is 28.4 Å². The lowest BCUT2D eigenvalue weighted by Crippen LogP contribution is -2.18. The van der Waals surface area contributed by atoms with Crippen molar-refractivity contribution in [1.82, 2.24) is 9.97 Å². The molecule has 0 fully saturated rings. The van der Waals surface area contributed by atoms with Gasteiger partial charge < -0.3 is 10.1 Å². The van der Waals surface area contributed by atoms with Gasteiger partial charge in [-0.25, -0.2) is 9.97 Å². The molecule has 0 radical (unpaired) electrons. The number of aromatic nitrogens is 2. The van der Waals surface area contributed by atoms with E-state index in [4.69, 9.17) is 14.7 Å². The number of halogens is 1. The van der Waals surface area contributed by atoms with Gasteiger partial charge in [-0.2, -0.15) is 0 Å². The van der Waals surface area contributed by atoms with Crippen LogP contribution < -0.4 is 5.32 Å². The summed E-state index contributed by atoms with van der Waals surface area (Å²) >= 11 is 2.35. The summed E-state index contributed by atoms with van der Waals surface area (Å²) in [6.45, 7) is 12.3. The zero-order valence-electron chi connectivity index (χ0n) is 13.9. The van der Waals surface area contributed by atoms with Crippen LogP contribution in [-0.2, 0) is 11.2 Å². The maximum absolute atomic E-state index is 5.87. The van der Waals surface area contributed by atoms with Gasteiger partial charge in [-0.3, -0.25) is 0 Å². The highest BCUT2D eigenvalue weighted by Crippen LogP contribution is 2.28. The number of rotatable bonds is 9. The topological polar surface area (TPSA) is 47.0 Å². The largest absolute Gasteiger partial charge is 0.370 e. The number of anilines is 1. The fourth-order valence-corrected chi connectivity index (χ4v) is 2.85. The van der Waals surface area contributed by atoms with Crippen LogP contribution in [0, 0.1) is 9.49 Å². The van der Waals surface area contributed by atoms with E-state index in [0.29, 0.717) is 12.5 Å². The Labute approximate surface area is 142 Å². The van der Waals surface area contributed by atoms with E-state index in [1.807, 2.05) is 6.92 Å². The smallest absolute Gasteiger partial charge is 0.160 e. The third-order valence-corrected chi connectivity index (χ3v) is 4.31. The maximum atomic E-state index is 5.87. The van der Waals surface area contributed by atoms with Gasteiger partial charge in [-0.15, -0.1) is 0 Å². The zero-order valence-corrected chi connectivity index (χ0v) is 16.0. The van der Waals surface area contributed by atoms with Crippen molar-refractivity contribution in [3.8, 4) is 0 Å². The Morgan fingerprint density at radius 2 is 1.86 bits per heavy atom. The van der Waals surface area contributed by atoms with Crippen LogP contribution in [0.1, 0.15) is 65.1 Å². The number of hydrogen-bond donors (Lipinski definition) is 1. The molecule has 0 aliphatic carbocycles. The summed E-state index contributed by atoms with van der Waals surface area (Å²) in [5.74, 6) is 2.13. The number of hydrogen-bond acceptors (Lipinski definition) is 4. The molecule has 1 rings (SSSR count). The summed E-state index contributed by atoms with van der Waals surface area (Å²) in [6.07, 6.45) is 3.11. The Balaban J connectivity index is 3.20. The van der Waals surface area contributed by atoms with Gasteiger partial charge in [0.25, 0.3) is 0 Å². The van der Waals surface area contributed by atoms with Crippen molar-refractivity contribution in [3.63, 3.8) is 0 Å². The Morgan fingerprint density at radius 3 is 2.38 bits per heavy atom. The van der Waals surface area contributed by atoms with Crippen LogP contribution >= 0.6 is 22.6 Å². The molecule has 0 saturated heterocycles. The average molecular weight is 405 g/mol. The van der Waals surface area contributed by atoms with Crippen LogP contribution in [0.4, 0.5) is 5.82 Å². The van der Waals surface area contributed by atoms with Crippen molar-refractivity contribution in [2.24, 2.45) is 5.92 Å². The highest BCUT2D eigenvalue weighted by molar-refractivity contribution is 14.1. The molecule has 1 aromatic heterocycles. The second kappa shape index (κ2) is 9.56. The van der Waals surface area contributed by atoms with Crippen LogP contribution in [-0.4, -0.2) is 23.1 Å². The van der Waals surface area contributed by atoms with Gasteiger partial charge in [-0.05, 0) is 48.3 Å². The van der Waals surface area contributed by atoms with Gasteiger partial charge >= 0.3 is 0 Å². The molecule has 1 N–H and O–H groups in total. The summed E-state index contributed by atoms with van der Waals surface area (Å²) < 4.78 is 7.01. The summed E-state index contributed by atoms with van der Waals surface area (Å²) in [5.41, 5.74) is 1.13. The lowest BCUT2D eigenvalue weighted by molar-refractivity contribution is 0.0231. The van der Waals surface area contributed by atoms with Crippen molar-refractivity contribution in [2.45, 2.75) is 60.0 Å². The fraction of sp³-hybridized carbons (Fsp3) is 0.750. The molecule has 0 bridgehead atoms. The molecular formula is C16H28IN3O. The first-order valence-corrected chi connectivity index (χ1v) is 9.04. The van der Waals surface area contributed by atoms with Crippen molar-refractivity contribution in [3.05, 3.63) is 15.1 Å². The van der Waals surface area contributed by atoms with E-state index in [9.17, 15) is 0 Å². The molecule has 120 valence electrons. The summed E-state index contributed by atoms with van der Waals surface area (Å²) in [5, 5.41) is 3.42. The summed E-state index contributed by atoms with van der Waals surface area (Å²) in [7, 11) is 0. The fourth-order valence-electron chi connectivity index (χ4n) is 2.15. The second-order valence-electron chi connectivity index (χ2n) is 5.49. The van der Waals surface area contributed by atoms with Gasteiger partial charge in [-0.1, -0.05) is 34.1 Å². The monoisotopic (exact) mass is 405 g/mol. The van der Waals surface area contributed by atoms with Crippen LogP contribution in [0.15, 0.2) is 0 Å². The van der Waals surface area contributed by atoms with Gasteiger partial charge in [0.1, 0.15) is 11.9 Å². The van der Waals surface area contributed by atoms with E-state index in [0.717, 1.165) is 46.7 Å². The zero-order chi connectivity index (χ0) is 15.8. The quantitative estimate of drug-likeness (QED) is 0.611. The van der Waals surface area contributed by atoms with Gasteiger partial charge in [0, 0.05) is 13.2 Å². The standard InChI is InChI=1S/C16H28IN3O/c1-6-9-12-13(17)15(18-10-7-2)20-16(19-12)14(11(4)5)21-8-3/h11,14H,6-10H2,1-5H3,(H,18,19,20). The summed E-state index contributed by atoms with van der Waals surface area (Å²) in [6, 6.07) is 0. The van der Waals surface area contributed by atoms with E-state index in [1.165, 1.54) is 0 Å². The number of ether oxygens (including phenoxy) is 1. The third kappa shape index (κ3) is 5.36. The van der Waals surface area contributed by atoms with E-state index in [2.05, 4.69) is 55.6 Å². The van der Waals surface area contributed by atoms with Crippen molar-refractivity contribution < 1.29 is 4.74 Å². The molecule has 1 aromatic rings. The molecule has 0 spiro atoms. The number of aryl methyl sites for hydroxylation is 1. The van der Waals surface area contributed by atoms with Crippen LogP contribution in [0.25, 0.3) is 0 Å². The minimum atomic E-state index is -0.0372. The second-order valence-corrected chi connectivity index (χ2v) is 6.57. The minimum absolute atomic E-state index is 0.0372. The molecule has 0 saturated carbocycles. The van der Waals surface area contributed by atoms with E-state index >= 15 is 0 Å². The molecule has 0 aromatic carbocycles. The molecule has 4 nitrogen and oxygen atoms in total. The van der Waals surface area contributed by atoms with E-state index in [-0.39, 0.29) is 6.10 Å². The predicted molar refractivity (Wildman–Crippen MR) is 96.7 cm³/mol. The van der Waals surface area contributed by atoms with Gasteiger partial charge in [0.05, 0.1) is 9.26 Å². The number of nitrogens with one attached hydrogen (secondary N) is 1. The molecule has 0 amide bonds. The lowest BCUT2D eigenvalue weighted by Gasteiger charge is -2.21.